The third-order valence-electron chi connectivity index (χ3n) is 3.84. The van der Waals surface area contributed by atoms with Crippen molar-refractivity contribution >= 4 is 22.1 Å². The zero-order chi connectivity index (χ0) is 13.4. The summed E-state index contributed by atoms with van der Waals surface area (Å²) in [5, 5.41) is 15.1. The Bertz CT molecular complexity index is 564. The minimum Gasteiger partial charge on any atom is -0.393 e. The molecule has 19 heavy (non-hydrogen) atoms. The molecular formula is C13H20N4OS. The third-order valence-corrected chi connectivity index (χ3v) is 4.60. The summed E-state index contributed by atoms with van der Waals surface area (Å²) >= 11 is 1.66. The number of rotatable bonds is 3. The van der Waals surface area contributed by atoms with E-state index in [2.05, 4.69) is 33.1 Å². The first kappa shape index (κ1) is 12.9. The number of fused-ring (bicyclic) bond motifs is 1. The van der Waals surface area contributed by atoms with Crippen molar-refractivity contribution in [3.63, 3.8) is 0 Å². The second-order valence-electron chi connectivity index (χ2n) is 5.25. The van der Waals surface area contributed by atoms with Gasteiger partial charge >= 0.3 is 0 Å². The Morgan fingerprint density at radius 3 is 3.16 bits per heavy atom. The fraction of sp³-hybridized carbons (Fsp3) is 0.615. The molecule has 0 spiro atoms. The SMILES string of the molecule is CNCc1c(N2CCC(O)C(C)C2)nc2sccn12. The molecule has 1 saturated heterocycles. The van der Waals surface area contributed by atoms with Crippen molar-refractivity contribution < 1.29 is 5.11 Å². The number of thiazole rings is 1. The number of hydrogen-bond acceptors (Lipinski definition) is 5. The van der Waals surface area contributed by atoms with Crippen LogP contribution in [0.25, 0.3) is 4.96 Å². The minimum atomic E-state index is -0.173. The van der Waals surface area contributed by atoms with Crippen LogP contribution in [0.15, 0.2) is 11.6 Å². The van der Waals surface area contributed by atoms with Gasteiger partial charge in [0, 0.05) is 31.2 Å². The van der Waals surface area contributed by atoms with Gasteiger partial charge < -0.3 is 15.3 Å². The average Bonchev–Trinajstić information content (AvgIpc) is 2.96. The maximum atomic E-state index is 9.85. The normalized spacial score (nSPS) is 24.3. The summed E-state index contributed by atoms with van der Waals surface area (Å²) in [6.07, 6.45) is 2.73. The molecule has 0 radical (unpaired) electrons. The van der Waals surface area contributed by atoms with Gasteiger partial charge in [0.25, 0.3) is 0 Å². The van der Waals surface area contributed by atoms with Crippen molar-refractivity contribution in [2.24, 2.45) is 5.92 Å². The Morgan fingerprint density at radius 1 is 1.58 bits per heavy atom. The summed E-state index contributed by atoms with van der Waals surface area (Å²) in [5.74, 6) is 1.37. The van der Waals surface area contributed by atoms with Crippen molar-refractivity contribution in [1.82, 2.24) is 14.7 Å². The molecule has 104 valence electrons. The molecule has 0 saturated carbocycles. The molecule has 3 rings (SSSR count). The molecular weight excluding hydrogens is 260 g/mol. The number of nitrogens with one attached hydrogen (secondary N) is 1. The average molecular weight is 280 g/mol. The molecule has 6 heteroatoms. The smallest absolute Gasteiger partial charge is 0.195 e. The molecule has 2 aromatic heterocycles. The van der Waals surface area contributed by atoms with Gasteiger partial charge in [0.15, 0.2) is 10.8 Å². The number of anilines is 1. The highest BCUT2D eigenvalue weighted by atomic mass is 32.1. The van der Waals surface area contributed by atoms with E-state index in [-0.39, 0.29) is 6.10 Å². The first-order valence-corrected chi connectivity index (χ1v) is 7.60. The molecule has 0 aliphatic carbocycles. The number of aromatic nitrogens is 2. The number of hydrogen-bond donors (Lipinski definition) is 2. The Morgan fingerprint density at radius 2 is 2.42 bits per heavy atom. The van der Waals surface area contributed by atoms with Gasteiger partial charge in [-0.2, -0.15) is 0 Å². The van der Waals surface area contributed by atoms with Gasteiger partial charge in [0.05, 0.1) is 11.8 Å². The number of aliphatic hydroxyl groups excluding tert-OH is 1. The van der Waals surface area contributed by atoms with Gasteiger partial charge in [0.1, 0.15) is 0 Å². The largest absolute Gasteiger partial charge is 0.393 e. The molecule has 2 N–H and O–H groups in total. The topological polar surface area (TPSA) is 52.8 Å². The van der Waals surface area contributed by atoms with Crippen molar-refractivity contribution in [1.29, 1.82) is 0 Å². The van der Waals surface area contributed by atoms with Crippen molar-refractivity contribution in [2.75, 3.05) is 25.0 Å². The van der Waals surface area contributed by atoms with Crippen LogP contribution in [0, 0.1) is 5.92 Å². The Hall–Kier alpha value is -1.11. The lowest BCUT2D eigenvalue weighted by Gasteiger charge is -2.35. The monoisotopic (exact) mass is 280 g/mol. The van der Waals surface area contributed by atoms with E-state index in [0.29, 0.717) is 5.92 Å². The van der Waals surface area contributed by atoms with Crippen LogP contribution < -0.4 is 10.2 Å². The predicted octanol–water partition coefficient (Wildman–Crippen LogP) is 1.32. The fourth-order valence-electron chi connectivity index (χ4n) is 2.73. The first-order valence-electron chi connectivity index (χ1n) is 6.72. The van der Waals surface area contributed by atoms with Gasteiger partial charge in [-0.1, -0.05) is 6.92 Å². The van der Waals surface area contributed by atoms with E-state index in [1.165, 1.54) is 5.69 Å². The van der Waals surface area contributed by atoms with Gasteiger partial charge in [-0.25, -0.2) is 4.98 Å². The second-order valence-corrected chi connectivity index (χ2v) is 6.12. The van der Waals surface area contributed by atoms with E-state index in [4.69, 9.17) is 4.98 Å². The van der Waals surface area contributed by atoms with E-state index in [1.54, 1.807) is 11.3 Å². The van der Waals surface area contributed by atoms with E-state index >= 15 is 0 Å². The highest BCUT2D eigenvalue weighted by molar-refractivity contribution is 7.15. The zero-order valence-corrected chi connectivity index (χ0v) is 12.2. The lowest BCUT2D eigenvalue weighted by molar-refractivity contribution is 0.0968. The Labute approximate surface area is 116 Å². The van der Waals surface area contributed by atoms with E-state index < -0.39 is 0 Å². The van der Waals surface area contributed by atoms with Crippen LogP contribution in [-0.4, -0.2) is 40.7 Å². The molecule has 1 aliphatic rings. The van der Waals surface area contributed by atoms with E-state index in [1.807, 2.05) is 7.05 Å². The quantitative estimate of drug-likeness (QED) is 0.890. The van der Waals surface area contributed by atoms with Crippen molar-refractivity contribution in [3.05, 3.63) is 17.3 Å². The molecule has 2 unspecified atom stereocenters. The van der Waals surface area contributed by atoms with Crippen LogP contribution in [0.5, 0.6) is 0 Å². The summed E-state index contributed by atoms with van der Waals surface area (Å²) < 4.78 is 2.16. The molecule has 0 bridgehead atoms. The molecule has 1 aliphatic heterocycles. The van der Waals surface area contributed by atoms with Gasteiger partial charge in [0.2, 0.25) is 0 Å². The van der Waals surface area contributed by atoms with Crippen LogP contribution in [0.1, 0.15) is 19.0 Å². The number of aliphatic hydroxyl groups is 1. The molecule has 2 atom stereocenters. The molecule has 3 heterocycles. The molecule has 5 nitrogen and oxygen atoms in total. The second kappa shape index (κ2) is 5.11. The molecule has 0 aromatic carbocycles. The minimum absolute atomic E-state index is 0.173. The lowest BCUT2D eigenvalue weighted by atomic mass is 9.97. The lowest BCUT2D eigenvalue weighted by Crippen LogP contribution is -2.42. The van der Waals surface area contributed by atoms with Crippen LogP contribution in [0.2, 0.25) is 0 Å². The summed E-state index contributed by atoms with van der Waals surface area (Å²) in [5.41, 5.74) is 1.21. The number of imidazole rings is 1. The number of piperidine rings is 1. The summed E-state index contributed by atoms with van der Waals surface area (Å²) in [6.45, 7) is 4.67. The zero-order valence-electron chi connectivity index (χ0n) is 11.3. The highest BCUT2D eigenvalue weighted by Crippen LogP contribution is 2.28. The van der Waals surface area contributed by atoms with Crippen LogP contribution in [-0.2, 0) is 6.54 Å². The first-order chi connectivity index (χ1) is 9.20. The van der Waals surface area contributed by atoms with Gasteiger partial charge in [-0.15, -0.1) is 11.3 Å². The van der Waals surface area contributed by atoms with Crippen LogP contribution >= 0.6 is 11.3 Å². The summed E-state index contributed by atoms with van der Waals surface area (Å²) in [7, 11) is 1.96. The van der Waals surface area contributed by atoms with E-state index in [0.717, 1.165) is 36.8 Å². The molecule has 1 fully saturated rings. The van der Waals surface area contributed by atoms with E-state index in [9.17, 15) is 5.11 Å². The molecule has 2 aromatic rings. The van der Waals surface area contributed by atoms with Crippen LogP contribution in [0.4, 0.5) is 5.82 Å². The number of nitrogens with zero attached hydrogens (tertiary/aromatic N) is 3. The van der Waals surface area contributed by atoms with Gasteiger partial charge in [-0.05, 0) is 19.4 Å². The highest BCUT2D eigenvalue weighted by Gasteiger charge is 2.27. The fourth-order valence-corrected chi connectivity index (χ4v) is 3.46. The maximum absolute atomic E-state index is 9.85. The summed E-state index contributed by atoms with van der Waals surface area (Å²) in [4.78, 5) is 8.11. The predicted molar refractivity (Wildman–Crippen MR) is 77.8 cm³/mol. The van der Waals surface area contributed by atoms with Gasteiger partial charge in [-0.3, -0.25) is 4.40 Å². The van der Waals surface area contributed by atoms with Crippen molar-refractivity contribution in [3.8, 4) is 0 Å². The van der Waals surface area contributed by atoms with Crippen molar-refractivity contribution in [2.45, 2.75) is 26.0 Å². The standard InChI is InChI=1S/C13H20N4OS/c1-9-8-16(4-3-11(9)18)12-10(7-14-2)17-5-6-19-13(17)15-12/h5-6,9,11,14,18H,3-4,7-8H2,1-2H3. The Balaban J connectivity index is 1.95. The van der Waals surface area contributed by atoms with Crippen LogP contribution in [0.3, 0.4) is 0 Å². The third kappa shape index (κ3) is 2.24. The maximum Gasteiger partial charge on any atom is 0.195 e. The summed E-state index contributed by atoms with van der Waals surface area (Å²) in [6, 6.07) is 0. The molecule has 0 amide bonds. The Kier molecular flexibility index (Phi) is 3.47.